The molecule has 2 rings (SSSR count). The predicted octanol–water partition coefficient (Wildman–Crippen LogP) is 3.83. The molecule has 0 saturated heterocycles. The van der Waals surface area contributed by atoms with Crippen LogP contribution in [-0.2, 0) is 14.8 Å². The van der Waals surface area contributed by atoms with Crippen molar-refractivity contribution in [3.8, 4) is 0 Å². The number of hydrogen-bond donors (Lipinski definition) is 1. The number of methoxy groups -OCH3 is 1. The lowest BCUT2D eigenvalue weighted by atomic mass is 10.1. The van der Waals surface area contributed by atoms with E-state index in [9.17, 15) is 8.42 Å². The van der Waals surface area contributed by atoms with E-state index in [4.69, 9.17) is 16.3 Å². The average Bonchev–Trinajstić information content (AvgIpc) is 2.89. The zero-order valence-electron chi connectivity index (χ0n) is 11.0. The standard InChI is InChI=1S/C13H13BrClNO3S2/c1-19-11(9-4-2-3-5-10(9)15)8-16-21(17,18)13-7-6-12(14)20-13/h2-7,11,16H,8H2,1H3. The first kappa shape index (κ1) is 16.9. The smallest absolute Gasteiger partial charge is 0.250 e. The number of thiophene rings is 1. The van der Waals surface area contributed by atoms with Crippen LogP contribution in [0.5, 0.6) is 0 Å². The Balaban J connectivity index is 2.12. The number of hydrogen-bond acceptors (Lipinski definition) is 4. The second-order valence-corrected chi connectivity index (χ2v) is 9.02. The van der Waals surface area contributed by atoms with Crippen LogP contribution < -0.4 is 4.72 Å². The Morgan fingerprint density at radius 3 is 2.62 bits per heavy atom. The van der Waals surface area contributed by atoms with E-state index in [0.717, 1.165) is 20.7 Å². The monoisotopic (exact) mass is 409 g/mol. The van der Waals surface area contributed by atoms with Crippen molar-refractivity contribution < 1.29 is 13.2 Å². The molecule has 21 heavy (non-hydrogen) atoms. The van der Waals surface area contributed by atoms with E-state index in [-0.39, 0.29) is 10.8 Å². The number of ether oxygens (including phenoxy) is 1. The van der Waals surface area contributed by atoms with Crippen LogP contribution in [-0.4, -0.2) is 22.1 Å². The van der Waals surface area contributed by atoms with Crippen molar-refractivity contribution in [1.82, 2.24) is 4.72 Å². The van der Waals surface area contributed by atoms with Gasteiger partial charge in [0.15, 0.2) is 0 Å². The molecule has 0 spiro atoms. The van der Waals surface area contributed by atoms with Gasteiger partial charge in [-0.15, -0.1) is 11.3 Å². The van der Waals surface area contributed by atoms with Crippen LogP contribution in [0.15, 0.2) is 44.4 Å². The van der Waals surface area contributed by atoms with Crippen LogP contribution in [0.3, 0.4) is 0 Å². The molecule has 1 aromatic heterocycles. The van der Waals surface area contributed by atoms with E-state index in [1.807, 2.05) is 18.2 Å². The van der Waals surface area contributed by atoms with Gasteiger partial charge >= 0.3 is 0 Å². The summed E-state index contributed by atoms with van der Waals surface area (Å²) in [5.74, 6) is 0. The van der Waals surface area contributed by atoms with E-state index in [1.54, 1.807) is 18.2 Å². The molecule has 0 aliphatic carbocycles. The minimum atomic E-state index is -3.55. The van der Waals surface area contributed by atoms with Gasteiger partial charge in [0.25, 0.3) is 0 Å². The highest BCUT2D eigenvalue weighted by Gasteiger charge is 2.20. The van der Waals surface area contributed by atoms with Gasteiger partial charge in [0.1, 0.15) is 4.21 Å². The molecule has 114 valence electrons. The highest BCUT2D eigenvalue weighted by atomic mass is 79.9. The molecular formula is C13H13BrClNO3S2. The van der Waals surface area contributed by atoms with Gasteiger partial charge in [-0.05, 0) is 34.1 Å². The fourth-order valence-electron chi connectivity index (χ4n) is 1.76. The van der Waals surface area contributed by atoms with E-state index in [1.165, 1.54) is 7.11 Å². The van der Waals surface area contributed by atoms with Gasteiger partial charge in [-0.1, -0.05) is 29.8 Å². The zero-order valence-corrected chi connectivity index (χ0v) is 15.0. The molecule has 1 N–H and O–H groups in total. The van der Waals surface area contributed by atoms with Gasteiger partial charge in [-0.2, -0.15) is 0 Å². The van der Waals surface area contributed by atoms with E-state index < -0.39 is 16.1 Å². The number of benzene rings is 1. The number of halogens is 2. The average molecular weight is 411 g/mol. The minimum Gasteiger partial charge on any atom is -0.375 e. The summed E-state index contributed by atoms with van der Waals surface area (Å²) in [6, 6.07) is 10.4. The molecule has 0 aliphatic heterocycles. The molecule has 0 radical (unpaired) electrons. The lowest BCUT2D eigenvalue weighted by Gasteiger charge is -2.17. The molecule has 1 atom stereocenters. The summed E-state index contributed by atoms with van der Waals surface area (Å²) in [6.45, 7) is 0.109. The van der Waals surface area contributed by atoms with Crippen molar-refractivity contribution in [3.05, 3.63) is 50.8 Å². The quantitative estimate of drug-likeness (QED) is 0.787. The van der Waals surface area contributed by atoms with Gasteiger partial charge in [-0.25, -0.2) is 13.1 Å². The van der Waals surface area contributed by atoms with Crippen molar-refractivity contribution in [3.63, 3.8) is 0 Å². The maximum Gasteiger partial charge on any atom is 0.250 e. The topological polar surface area (TPSA) is 55.4 Å². The van der Waals surface area contributed by atoms with Crippen LogP contribution >= 0.6 is 38.9 Å². The molecular weight excluding hydrogens is 398 g/mol. The Hall–Kier alpha value is -0.440. The second kappa shape index (κ2) is 7.21. The number of nitrogens with one attached hydrogen (secondary N) is 1. The minimum absolute atomic E-state index is 0.109. The van der Waals surface area contributed by atoms with Crippen LogP contribution in [0.25, 0.3) is 0 Å². The molecule has 1 heterocycles. The summed E-state index contributed by atoms with van der Waals surface area (Å²) >= 11 is 10.5. The van der Waals surface area contributed by atoms with E-state index in [0.29, 0.717) is 5.02 Å². The van der Waals surface area contributed by atoms with Crippen LogP contribution in [0.1, 0.15) is 11.7 Å². The Morgan fingerprint density at radius 1 is 1.33 bits per heavy atom. The first-order valence-electron chi connectivity index (χ1n) is 5.96. The van der Waals surface area contributed by atoms with Crippen LogP contribution in [0.4, 0.5) is 0 Å². The fourth-order valence-corrected chi connectivity index (χ4v) is 5.10. The summed E-state index contributed by atoms with van der Waals surface area (Å²) in [4.78, 5) is 0. The first-order chi connectivity index (χ1) is 9.94. The maximum absolute atomic E-state index is 12.2. The molecule has 0 bridgehead atoms. The summed E-state index contributed by atoms with van der Waals surface area (Å²) in [6.07, 6.45) is -0.447. The third kappa shape index (κ3) is 4.28. The third-order valence-corrected chi connectivity index (χ3v) is 6.69. The maximum atomic E-state index is 12.2. The normalized spacial score (nSPS) is 13.3. The molecule has 0 fully saturated rings. The highest BCUT2D eigenvalue weighted by molar-refractivity contribution is 9.11. The zero-order chi connectivity index (χ0) is 15.5. The third-order valence-electron chi connectivity index (χ3n) is 2.81. The Kier molecular flexibility index (Phi) is 5.81. The second-order valence-electron chi connectivity index (χ2n) is 4.16. The Bertz CT molecular complexity index is 718. The molecule has 1 aromatic carbocycles. The van der Waals surface area contributed by atoms with Gasteiger partial charge < -0.3 is 4.74 Å². The van der Waals surface area contributed by atoms with Gasteiger partial charge in [0.2, 0.25) is 10.0 Å². The van der Waals surface area contributed by atoms with Gasteiger partial charge in [-0.3, -0.25) is 0 Å². The predicted molar refractivity (Wildman–Crippen MR) is 88.4 cm³/mol. The highest BCUT2D eigenvalue weighted by Crippen LogP contribution is 2.27. The van der Waals surface area contributed by atoms with Crippen molar-refractivity contribution in [1.29, 1.82) is 0 Å². The molecule has 2 aromatic rings. The van der Waals surface area contributed by atoms with E-state index >= 15 is 0 Å². The van der Waals surface area contributed by atoms with Crippen LogP contribution in [0.2, 0.25) is 5.02 Å². The first-order valence-corrected chi connectivity index (χ1v) is 9.43. The summed E-state index contributed by atoms with van der Waals surface area (Å²) in [5, 5.41) is 0.544. The van der Waals surface area contributed by atoms with Gasteiger partial charge in [0.05, 0.1) is 9.89 Å². The Morgan fingerprint density at radius 2 is 2.05 bits per heavy atom. The van der Waals surface area contributed by atoms with Gasteiger partial charge in [0, 0.05) is 24.2 Å². The number of sulfonamides is 1. The molecule has 0 saturated carbocycles. The molecule has 8 heteroatoms. The molecule has 4 nitrogen and oxygen atoms in total. The van der Waals surface area contributed by atoms with Crippen LogP contribution in [0, 0.1) is 0 Å². The summed E-state index contributed by atoms with van der Waals surface area (Å²) < 4.78 is 33.2. The summed E-state index contributed by atoms with van der Waals surface area (Å²) in [7, 11) is -2.03. The van der Waals surface area contributed by atoms with E-state index in [2.05, 4.69) is 20.7 Å². The van der Waals surface area contributed by atoms with Crippen molar-refractivity contribution in [2.75, 3.05) is 13.7 Å². The molecule has 0 aliphatic rings. The van der Waals surface area contributed by atoms with Crippen molar-refractivity contribution in [2.45, 2.75) is 10.3 Å². The molecule has 0 amide bonds. The lowest BCUT2D eigenvalue weighted by molar-refractivity contribution is 0.107. The SMILES string of the molecule is COC(CNS(=O)(=O)c1ccc(Br)s1)c1ccccc1Cl. The molecule has 1 unspecified atom stereocenters. The van der Waals surface area contributed by atoms with Crippen molar-refractivity contribution in [2.24, 2.45) is 0 Å². The summed E-state index contributed by atoms with van der Waals surface area (Å²) in [5.41, 5.74) is 0.747. The Labute approximate surface area is 141 Å². The van der Waals surface area contributed by atoms with Crippen molar-refractivity contribution >= 4 is 48.9 Å². The number of rotatable bonds is 6. The largest absolute Gasteiger partial charge is 0.375 e. The fraction of sp³-hybridized carbons (Fsp3) is 0.231. The lowest BCUT2D eigenvalue weighted by Crippen LogP contribution is -2.28.